The van der Waals surface area contributed by atoms with Crippen LogP contribution in [0.3, 0.4) is 0 Å². The number of aliphatic hydroxyl groups is 3. The number of rotatable bonds is 4. The first kappa shape index (κ1) is 13.5. The van der Waals surface area contributed by atoms with Crippen LogP contribution in [0.15, 0.2) is 0 Å². The highest BCUT2D eigenvalue weighted by atomic mass is 16.6. The van der Waals surface area contributed by atoms with Gasteiger partial charge >= 0.3 is 0 Å². The monoisotopic (exact) mass is 226 g/mol. The molecule has 0 aliphatic carbocycles. The van der Waals surface area contributed by atoms with Crippen LogP contribution < -0.4 is 0 Å². The second-order valence-corrected chi connectivity index (χ2v) is 3.59. The molecule has 2 unspecified atom stereocenters. The second-order valence-electron chi connectivity index (χ2n) is 3.59. The molecule has 1 rings (SSSR count). The molecule has 5 atom stereocenters. The summed E-state index contributed by atoms with van der Waals surface area (Å²) in [4.78, 5) is 0. The van der Waals surface area contributed by atoms with Gasteiger partial charge in [0.2, 0.25) is 0 Å². The number of terminal acetylenes is 1. The van der Waals surface area contributed by atoms with Crippen molar-refractivity contribution in [3.8, 4) is 12.3 Å². The average molecular weight is 226 g/mol. The Morgan fingerprint density at radius 2 is 1.94 bits per heavy atom. The van der Waals surface area contributed by atoms with E-state index in [0.717, 1.165) is 0 Å². The molecular weight excluding hydrogens is 211 g/mol. The first-order chi connectivity index (χ1) is 7.65. The van der Waals surface area contributed by atoms with Gasteiger partial charge in [-0.15, -0.1) is 6.42 Å². The van der Waals surface area contributed by atoms with Crippen LogP contribution in [0.5, 0.6) is 0 Å². The first-order valence-corrected chi connectivity index (χ1v) is 5.03. The maximum Gasteiger partial charge on any atom is 0.116 e. The molecule has 3 N–H and O–H groups in total. The van der Waals surface area contributed by atoms with Crippen LogP contribution in [0, 0.1) is 12.3 Å². The molecule has 1 heterocycles. The van der Waals surface area contributed by atoms with Crippen molar-refractivity contribution in [3.05, 3.63) is 0 Å². The van der Waals surface area contributed by atoms with Gasteiger partial charge in [0.25, 0.3) is 0 Å². The summed E-state index contributed by atoms with van der Waals surface area (Å²) in [7, 11) is 5.40. The smallest absolute Gasteiger partial charge is 0.116 e. The van der Waals surface area contributed by atoms with Gasteiger partial charge in [0.15, 0.2) is 0 Å². The van der Waals surface area contributed by atoms with Crippen molar-refractivity contribution in [3.63, 3.8) is 0 Å². The SMILES string of the molecule is [B]C[C@H]1OC(CO)[C@H](O)[C@H](OCC#C)C1O. The van der Waals surface area contributed by atoms with Gasteiger partial charge in [0.05, 0.1) is 20.6 Å². The molecule has 2 radical (unpaired) electrons. The summed E-state index contributed by atoms with van der Waals surface area (Å²) >= 11 is 0. The maximum absolute atomic E-state index is 9.80. The highest BCUT2D eigenvalue weighted by Crippen LogP contribution is 2.24. The van der Waals surface area contributed by atoms with Crippen molar-refractivity contribution in [2.45, 2.75) is 36.8 Å². The Morgan fingerprint density at radius 1 is 1.31 bits per heavy atom. The Balaban J connectivity index is 2.72. The molecular formula is C10H15BO5. The van der Waals surface area contributed by atoms with Crippen LogP contribution >= 0.6 is 0 Å². The predicted octanol–water partition coefficient (Wildman–Crippen LogP) is -1.93. The summed E-state index contributed by atoms with van der Waals surface area (Å²) in [5.74, 6) is 2.24. The van der Waals surface area contributed by atoms with E-state index < -0.39 is 30.5 Å². The maximum atomic E-state index is 9.80. The third-order valence-corrected chi connectivity index (χ3v) is 2.56. The molecule has 0 amide bonds. The van der Waals surface area contributed by atoms with Crippen LogP contribution in [0.25, 0.3) is 0 Å². The van der Waals surface area contributed by atoms with E-state index in [0.29, 0.717) is 0 Å². The van der Waals surface area contributed by atoms with Gasteiger partial charge in [0.1, 0.15) is 31.0 Å². The lowest BCUT2D eigenvalue weighted by atomic mass is 9.87. The van der Waals surface area contributed by atoms with Gasteiger partial charge in [-0.3, -0.25) is 0 Å². The van der Waals surface area contributed by atoms with Crippen LogP contribution in [-0.4, -0.2) is 66.9 Å². The second kappa shape index (κ2) is 6.23. The molecule has 5 nitrogen and oxygen atoms in total. The molecule has 1 aliphatic heterocycles. The van der Waals surface area contributed by atoms with Crippen LogP contribution in [0.4, 0.5) is 0 Å². The lowest BCUT2D eigenvalue weighted by Crippen LogP contribution is -2.59. The van der Waals surface area contributed by atoms with E-state index in [1.807, 2.05) is 0 Å². The van der Waals surface area contributed by atoms with E-state index in [-0.39, 0.29) is 19.5 Å². The number of ether oxygens (including phenoxy) is 2. The lowest BCUT2D eigenvalue weighted by Gasteiger charge is -2.41. The Morgan fingerprint density at radius 3 is 2.44 bits per heavy atom. The van der Waals surface area contributed by atoms with E-state index in [1.165, 1.54) is 0 Å². The number of aliphatic hydroxyl groups excluding tert-OH is 3. The van der Waals surface area contributed by atoms with Gasteiger partial charge in [0, 0.05) is 0 Å². The Labute approximate surface area is 95.8 Å². The van der Waals surface area contributed by atoms with Gasteiger partial charge in [-0.05, 0) is 0 Å². The first-order valence-electron chi connectivity index (χ1n) is 5.03. The zero-order valence-corrected chi connectivity index (χ0v) is 8.82. The van der Waals surface area contributed by atoms with Gasteiger partial charge in [-0.2, -0.15) is 0 Å². The molecule has 16 heavy (non-hydrogen) atoms. The third-order valence-electron chi connectivity index (χ3n) is 2.56. The summed E-state index contributed by atoms with van der Waals surface area (Å²) in [5.41, 5.74) is 0. The quantitative estimate of drug-likeness (QED) is 0.384. The molecule has 0 spiro atoms. The summed E-state index contributed by atoms with van der Waals surface area (Å²) in [5, 5.41) is 28.6. The summed E-state index contributed by atoms with van der Waals surface area (Å²) in [6.07, 6.45) is 0.519. The van der Waals surface area contributed by atoms with E-state index >= 15 is 0 Å². The average Bonchev–Trinajstić information content (AvgIpc) is 2.29. The standard InChI is InChI=1S/C10H15BO5/c1-2-3-15-10-8(13)6(4-11)16-7(5-12)9(10)14/h1,6-10,12-14H,3-5H2/t6-,7?,8?,9+,10-/m1/s1. The summed E-state index contributed by atoms with van der Waals surface area (Å²) in [6, 6.07) is 0. The normalized spacial score (nSPS) is 39.2. The Hall–Kier alpha value is -0.575. The van der Waals surface area contributed by atoms with Crippen molar-refractivity contribution in [1.82, 2.24) is 0 Å². The molecule has 1 fully saturated rings. The zero-order chi connectivity index (χ0) is 12.1. The van der Waals surface area contributed by atoms with Crippen molar-refractivity contribution >= 4 is 7.85 Å². The molecule has 0 aromatic heterocycles. The summed E-state index contributed by atoms with van der Waals surface area (Å²) in [6.45, 7) is -0.408. The van der Waals surface area contributed by atoms with E-state index in [2.05, 4.69) is 5.92 Å². The van der Waals surface area contributed by atoms with E-state index in [4.69, 9.17) is 28.8 Å². The minimum Gasteiger partial charge on any atom is -0.394 e. The lowest BCUT2D eigenvalue weighted by molar-refractivity contribution is -0.234. The number of hydrogen-bond donors (Lipinski definition) is 3. The fourth-order valence-electron chi connectivity index (χ4n) is 1.70. The molecule has 6 heteroatoms. The topological polar surface area (TPSA) is 79.2 Å². The Bertz CT molecular complexity index is 238. The Kier molecular flexibility index (Phi) is 5.25. The predicted molar refractivity (Wildman–Crippen MR) is 56.9 cm³/mol. The van der Waals surface area contributed by atoms with Crippen molar-refractivity contribution in [1.29, 1.82) is 0 Å². The van der Waals surface area contributed by atoms with E-state index in [9.17, 15) is 10.2 Å². The fraction of sp³-hybridized carbons (Fsp3) is 0.800. The van der Waals surface area contributed by atoms with Crippen molar-refractivity contribution < 1.29 is 24.8 Å². The van der Waals surface area contributed by atoms with Crippen LogP contribution in [-0.2, 0) is 9.47 Å². The highest BCUT2D eigenvalue weighted by molar-refractivity contribution is 6.08. The largest absolute Gasteiger partial charge is 0.394 e. The molecule has 1 aliphatic rings. The minimum absolute atomic E-state index is 0.0335. The van der Waals surface area contributed by atoms with Crippen LogP contribution in [0.2, 0.25) is 6.32 Å². The van der Waals surface area contributed by atoms with E-state index in [1.54, 1.807) is 0 Å². The molecule has 88 valence electrons. The van der Waals surface area contributed by atoms with Crippen molar-refractivity contribution in [2.75, 3.05) is 13.2 Å². The molecule has 0 bridgehead atoms. The van der Waals surface area contributed by atoms with Gasteiger partial charge in [-0.1, -0.05) is 12.2 Å². The highest BCUT2D eigenvalue weighted by Gasteiger charge is 2.43. The molecule has 1 saturated heterocycles. The third kappa shape index (κ3) is 2.76. The molecule has 0 saturated carbocycles. The fourth-order valence-corrected chi connectivity index (χ4v) is 1.70. The molecule has 0 aromatic rings. The minimum atomic E-state index is -1.13. The van der Waals surface area contributed by atoms with Crippen LogP contribution in [0.1, 0.15) is 0 Å². The van der Waals surface area contributed by atoms with Crippen molar-refractivity contribution in [2.24, 2.45) is 0 Å². The van der Waals surface area contributed by atoms with Gasteiger partial charge in [-0.25, -0.2) is 0 Å². The molecule has 0 aromatic carbocycles. The summed E-state index contributed by atoms with van der Waals surface area (Å²) < 4.78 is 10.4. The van der Waals surface area contributed by atoms with Gasteiger partial charge < -0.3 is 24.8 Å². The number of hydrogen-bond acceptors (Lipinski definition) is 5. The zero-order valence-electron chi connectivity index (χ0n) is 8.82.